The number of nitrogens with one attached hydrogen (secondary N) is 1. The van der Waals surface area contributed by atoms with Gasteiger partial charge < -0.3 is 10.3 Å². The van der Waals surface area contributed by atoms with E-state index in [1.807, 2.05) is 30.3 Å². The number of hydrogen-bond donors (Lipinski definition) is 2. The third kappa shape index (κ3) is 2.77. The SMILES string of the molecule is CC(NS(=O)(=O)c1c(N)ncn1C)c1ccccc1. The van der Waals surface area contributed by atoms with Crippen LogP contribution in [0.3, 0.4) is 0 Å². The third-order valence-corrected chi connectivity index (χ3v) is 4.47. The van der Waals surface area contributed by atoms with Crippen molar-refractivity contribution in [3.05, 3.63) is 42.2 Å². The largest absolute Gasteiger partial charge is 0.381 e. The van der Waals surface area contributed by atoms with Crippen LogP contribution in [0.4, 0.5) is 5.82 Å². The number of aromatic nitrogens is 2. The highest BCUT2D eigenvalue weighted by atomic mass is 32.2. The Balaban J connectivity index is 2.28. The summed E-state index contributed by atoms with van der Waals surface area (Å²) in [5, 5.41) is -0.0183. The van der Waals surface area contributed by atoms with Crippen LogP contribution in [0.15, 0.2) is 41.7 Å². The van der Waals surface area contributed by atoms with Crippen molar-refractivity contribution in [2.75, 3.05) is 5.73 Å². The van der Waals surface area contributed by atoms with Crippen molar-refractivity contribution >= 4 is 15.8 Å². The van der Waals surface area contributed by atoms with Crippen molar-refractivity contribution in [1.29, 1.82) is 0 Å². The zero-order chi connectivity index (χ0) is 14.0. The Labute approximate surface area is 112 Å². The maximum Gasteiger partial charge on any atom is 0.260 e. The summed E-state index contributed by atoms with van der Waals surface area (Å²) in [6.07, 6.45) is 1.37. The summed E-state index contributed by atoms with van der Waals surface area (Å²) in [5.41, 5.74) is 6.47. The molecule has 3 N–H and O–H groups in total. The van der Waals surface area contributed by atoms with Gasteiger partial charge >= 0.3 is 0 Å². The van der Waals surface area contributed by atoms with E-state index in [1.54, 1.807) is 14.0 Å². The van der Waals surface area contributed by atoms with Crippen molar-refractivity contribution in [3.63, 3.8) is 0 Å². The Morgan fingerprint density at radius 2 is 1.95 bits per heavy atom. The second kappa shape index (κ2) is 5.02. The molecule has 0 amide bonds. The van der Waals surface area contributed by atoms with Crippen LogP contribution in [-0.2, 0) is 17.1 Å². The minimum absolute atomic E-state index is 0.00439. The highest BCUT2D eigenvalue weighted by Crippen LogP contribution is 2.19. The van der Waals surface area contributed by atoms with Gasteiger partial charge in [-0.2, -0.15) is 0 Å². The molecule has 0 aliphatic heterocycles. The number of sulfonamides is 1. The van der Waals surface area contributed by atoms with Gasteiger partial charge in [0, 0.05) is 13.1 Å². The second-order valence-electron chi connectivity index (χ2n) is 4.30. The number of nitrogen functional groups attached to an aromatic ring is 1. The molecule has 0 spiro atoms. The summed E-state index contributed by atoms with van der Waals surface area (Å²) in [5.74, 6) is -0.00439. The lowest BCUT2D eigenvalue weighted by molar-refractivity contribution is 0.558. The van der Waals surface area contributed by atoms with Crippen molar-refractivity contribution in [2.45, 2.75) is 18.0 Å². The van der Waals surface area contributed by atoms with E-state index in [4.69, 9.17) is 5.73 Å². The number of rotatable bonds is 4. The molecule has 102 valence electrons. The van der Waals surface area contributed by atoms with Crippen molar-refractivity contribution < 1.29 is 8.42 Å². The summed E-state index contributed by atoms with van der Waals surface area (Å²) in [7, 11) is -2.11. The van der Waals surface area contributed by atoms with Gasteiger partial charge in [-0.15, -0.1) is 0 Å². The van der Waals surface area contributed by atoms with Gasteiger partial charge in [0.2, 0.25) is 0 Å². The van der Waals surface area contributed by atoms with Crippen molar-refractivity contribution in [3.8, 4) is 0 Å². The van der Waals surface area contributed by atoms with Gasteiger partial charge in [0.15, 0.2) is 10.8 Å². The molecule has 2 aromatic rings. The molecule has 7 heteroatoms. The van der Waals surface area contributed by atoms with Crippen molar-refractivity contribution in [2.24, 2.45) is 7.05 Å². The van der Waals surface area contributed by atoms with E-state index in [2.05, 4.69) is 9.71 Å². The molecule has 1 aromatic heterocycles. The second-order valence-corrected chi connectivity index (χ2v) is 5.93. The molecular formula is C12H16N4O2S. The van der Waals surface area contributed by atoms with Gasteiger partial charge in [0.25, 0.3) is 10.0 Å². The monoisotopic (exact) mass is 280 g/mol. The molecule has 0 bridgehead atoms. The molecule has 0 radical (unpaired) electrons. The summed E-state index contributed by atoms with van der Waals surface area (Å²) in [6, 6.07) is 8.97. The van der Waals surface area contributed by atoms with Crippen molar-refractivity contribution in [1.82, 2.24) is 14.3 Å². The number of nitrogens with two attached hydrogens (primary N) is 1. The molecule has 0 saturated heterocycles. The van der Waals surface area contributed by atoms with Gasteiger partial charge in [-0.3, -0.25) is 0 Å². The normalized spacial score (nSPS) is 13.4. The van der Waals surface area contributed by atoms with E-state index in [-0.39, 0.29) is 16.9 Å². The Hall–Kier alpha value is -1.86. The van der Waals surface area contributed by atoms with E-state index in [1.165, 1.54) is 10.9 Å². The average molecular weight is 280 g/mol. The molecule has 1 atom stereocenters. The smallest absolute Gasteiger partial charge is 0.260 e. The molecule has 0 aliphatic rings. The minimum Gasteiger partial charge on any atom is -0.381 e. The van der Waals surface area contributed by atoms with E-state index in [0.29, 0.717) is 0 Å². The summed E-state index contributed by atoms with van der Waals surface area (Å²) in [6.45, 7) is 1.78. The number of imidazole rings is 1. The van der Waals surface area contributed by atoms with Crippen LogP contribution >= 0.6 is 0 Å². The predicted octanol–water partition coefficient (Wildman–Crippen LogP) is 1.04. The third-order valence-electron chi connectivity index (χ3n) is 2.80. The molecule has 1 heterocycles. The van der Waals surface area contributed by atoms with Gasteiger partial charge in [-0.25, -0.2) is 18.1 Å². The van der Waals surface area contributed by atoms with Gasteiger partial charge in [-0.1, -0.05) is 30.3 Å². The van der Waals surface area contributed by atoms with Crippen LogP contribution in [-0.4, -0.2) is 18.0 Å². The quantitative estimate of drug-likeness (QED) is 0.875. The number of hydrogen-bond acceptors (Lipinski definition) is 4. The van der Waals surface area contributed by atoms with Crippen LogP contribution in [0.25, 0.3) is 0 Å². The lowest BCUT2D eigenvalue weighted by atomic mass is 10.1. The molecule has 1 aromatic carbocycles. The number of nitrogens with zero attached hydrogens (tertiary/aromatic N) is 2. The molecule has 2 rings (SSSR count). The molecular weight excluding hydrogens is 264 g/mol. The highest BCUT2D eigenvalue weighted by Gasteiger charge is 2.24. The maximum atomic E-state index is 12.3. The first-order valence-corrected chi connectivity index (χ1v) is 7.24. The zero-order valence-corrected chi connectivity index (χ0v) is 11.6. The van der Waals surface area contributed by atoms with Crippen LogP contribution < -0.4 is 10.5 Å². The summed E-state index contributed by atoms with van der Waals surface area (Å²) >= 11 is 0. The van der Waals surface area contributed by atoms with Gasteiger partial charge in [-0.05, 0) is 12.5 Å². The molecule has 6 nitrogen and oxygen atoms in total. The first-order chi connectivity index (χ1) is 8.92. The Kier molecular flexibility index (Phi) is 3.59. The molecule has 0 saturated carbocycles. The number of benzene rings is 1. The number of aryl methyl sites for hydroxylation is 1. The van der Waals surface area contributed by atoms with Gasteiger partial charge in [0.1, 0.15) is 0 Å². The molecule has 1 unspecified atom stereocenters. The lowest BCUT2D eigenvalue weighted by Gasteiger charge is -2.15. The fraction of sp³-hybridized carbons (Fsp3) is 0.250. The first-order valence-electron chi connectivity index (χ1n) is 5.76. The van der Waals surface area contributed by atoms with E-state index < -0.39 is 10.0 Å². The molecule has 0 fully saturated rings. The standard InChI is InChI=1S/C12H16N4O2S/c1-9(10-6-4-3-5-7-10)15-19(17,18)12-11(13)14-8-16(12)2/h3-9,15H,13H2,1-2H3. The Morgan fingerprint density at radius 3 is 2.47 bits per heavy atom. The average Bonchev–Trinajstić information content (AvgIpc) is 2.70. The summed E-state index contributed by atoms with van der Waals surface area (Å²) in [4.78, 5) is 3.78. The topological polar surface area (TPSA) is 90.0 Å². The first kappa shape index (κ1) is 13.6. The lowest BCUT2D eigenvalue weighted by Crippen LogP contribution is -2.29. The summed E-state index contributed by atoms with van der Waals surface area (Å²) < 4.78 is 28.5. The van der Waals surface area contributed by atoms with Crippen LogP contribution in [0.2, 0.25) is 0 Å². The fourth-order valence-corrected chi connectivity index (χ4v) is 3.33. The van der Waals surface area contributed by atoms with Crippen LogP contribution in [0.1, 0.15) is 18.5 Å². The fourth-order valence-electron chi connectivity index (χ4n) is 1.86. The highest BCUT2D eigenvalue weighted by molar-refractivity contribution is 7.89. The zero-order valence-electron chi connectivity index (χ0n) is 10.7. The maximum absolute atomic E-state index is 12.3. The van der Waals surface area contributed by atoms with E-state index in [9.17, 15) is 8.42 Å². The van der Waals surface area contributed by atoms with E-state index >= 15 is 0 Å². The molecule has 0 aliphatic carbocycles. The Bertz CT molecular complexity index is 645. The predicted molar refractivity (Wildman–Crippen MR) is 72.8 cm³/mol. The Morgan fingerprint density at radius 1 is 1.32 bits per heavy atom. The van der Waals surface area contributed by atoms with Gasteiger partial charge in [0.05, 0.1) is 6.33 Å². The van der Waals surface area contributed by atoms with Crippen LogP contribution in [0.5, 0.6) is 0 Å². The van der Waals surface area contributed by atoms with Crippen LogP contribution in [0, 0.1) is 0 Å². The molecule has 19 heavy (non-hydrogen) atoms. The minimum atomic E-state index is -3.70. The van der Waals surface area contributed by atoms with E-state index in [0.717, 1.165) is 5.56 Å². The number of anilines is 1.